The fraction of sp³-hybridized carbons (Fsp3) is 0.429. The summed E-state index contributed by atoms with van der Waals surface area (Å²) in [6, 6.07) is 8.36. The number of benzene rings is 1. The number of aromatic nitrogens is 2. The fourth-order valence-corrected chi connectivity index (χ4v) is 4.24. The third-order valence-corrected chi connectivity index (χ3v) is 5.83. The van der Waals surface area contributed by atoms with Crippen molar-refractivity contribution in [1.29, 1.82) is 0 Å². The summed E-state index contributed by atoms with van der Waals surface area (Å²) in [5.41, 5.74) is 1.86. The van der Waals surface area contributed by atoms with Crippen molar-refractivity contribution < 1.29 is 13.9 Å². The van der Waals surface area contributed by atoms with Gasteiger partial charge in [0, 0.05) is 25.6 Å². The monoisotopic (exact) mass is 403 g/mol. The Bertz CT molecular complexity index is 925. The molecule has 0 aliphatic heterocycles. The van der Waals surface area contributed by atoms with Gasteiger partial charge in [-0.15, -0.1) is 11.3 Å². The summed E-state index contributed by atoms with van der Waals surface area (Å²) in [4.78, 5) is 16.6. The van der Waals surface area contributed by atoms with Gasteiger partial charge in [-0.2, -0.15) is 5.10 Å². The van der Waals surface area contributed by atoms with E-state index in [9.17, 15) is 9.18 Å². The molecule has 0 fully saturated rings. The van der Waals surface area contributed by atoms with Crippen molar-refractivity contribution in [2.24, 2.45) is 0 Å². The van der Waals surface area contributed by atoms with E-state index in [4.69, 9.17) is 4.74 Å². The first kappa shape index (κ1) is 20.5. The van der Waals surface area contributed by atoms with Gasteiger partial charge in [0.15, 0.2) is 0 Å². The van der Waals surface area contributed by atoms with E-state index in [1.54, 1.807) is 19.2 Å². The minimum Gasteiger partial charge on any atom is -0.383 e. The summed E-state index contributed by atoms with van der Waals surface area (Å²) < 4.78 is 20.2. The lowest BCUT2D eigenvalue weighted by molar-refractivity contribution is 0.0698. The molecule has 3 rings (SSSR count). The minimum atomic E-state index is -0.252. The van der Waals surface area contributed by atoms with E-state index >= 15 is 0 Å². The molecule has 150 valence electrons. The molecule has 3 aromatic rings. The van der Waals surface area contributed by atoms with Crippen LogP contribution in [0.2, 0.25) is 0 Å². The average molecular weight is 404 g/mol. The van der Waals surface area contributed by atoms with Crippen molar-refractivity contribution in [2.45, 2.75) is 33.2 Å². The number of thiophene rings is 1. The van der Waals surface area contributed by atoms with Crippen LogP contribution in [-0.4, -0.2) is 47.4 Å². The van der Waals surface area contributed by atoms with Gasteiger partial charge < -0.3 is 9.64 Å². The van der Waals surface area contributed by atoms with Gasteiger partial charge in [0.2, 0.25) is 0 Å². The molecule has 0 atom stereocenters. The highest BCUT2D eigenvalue weighted by atomic mass is 32.1. The molecule has 2 aromatic heterocycles. The smallest absolute Gasteiger partial charge is 0.264 e. The Morgan fingerprint density at radius 1 is 1.29 bits per heavy atom. The number of ether oxygens (including phenoxy) is 1. The number of carbonyl (C=O) groups is 1. The van der Waals surface area contributed by atoms with Crippen LogP contribution in [0.3, 0.4) is 0 Å². The maximum Gasteiger partial charge on any atom is 0.264 e. The molecule has 0 bridgehead atoms. The van der Waals surface area contributed by atoms with Crippen LogP contribution >= 0.6 is 11.3 Å². The second-order valence-electron chi connectivity index (χ2n) is 6.84. The maximum atomic E-state index is 13.2. The summed E-state index contributed by atoms with van der Waals surface area (Å²) >= 11 is 1.46. The number of halogens is 1. The Morgan fingerprint density at radius 3 is 2.71 bits per heavy atom. The normalized spacial score (nSPS) is 11.3. The zero-order chi connectivity index (χ0) is 20.1. The van der Waals surface area contributed by atoms with E-state index in [-0.39, 0.29) is 11.7 Å². The third-order valence-electron chi connectivity index (χ3n) is 4.70. The van der Waals surface area contributed by atoms with E-state index in [2.05, 4.69) is 12.0 Å². The third kappa shape index (κ3) is 4.59. The molecule has 28 heavy (non-hydrogen) atoms. The van der Waals surface area contributed by atoms with Crippen LogP contribution in [0.4, 0.5) is 4.39 Å². The molecule has 0 unspecified atom stereocenters. The lowest BCUT2D eigenvalue weighted by Gasteiger charge is -2.21. The number of aryl methyl sites for hydroxylation is 1. The fourth-order valence-electron chi connectivity index (χ4n) is 3.11. The zero-order valence-corrected chi connectivity index (χ0v) is 17.4. The Balaban J connectivity index is 1.86. The van der Waals surface area contributed by atoms with E-state index < -0.39 is 0 Å². The Labute approximate surface area is 168 Å². The first-order valence-corrected chi connectivity index (χ1v) is 10.3. The van der Waals surface area contributed by atoms with Gasteiger partial charge in [-0.05, 0) is 37.1 Å². The van der Waals surface area contributed by atoms with Gasteiger partial charge in [-0.1, -0.05) is 25.5 Å². The molecule has 5 nitrogen and oxygen atoms in total. The van der Waals surface area contributed by atoms with Crippen molar-refractivity contribution in [2.75, 3.05) is 26.8 Å². The van der Waals surface area contributed by atoms with Crippen LogP contribution in [0.15, 0.2) is 30.3 Å². The highest BCUT2D eigenvalue weighted by molar-refractivity contribution is 7.20. The predicted molar refractivity (Wildman–Crippen MR) is 111 cm³/mol. The number of carbonyl (C=O) groups excluding carboxylic acids is 1. The number of methoxy groups -OCH3 is 1. The average Bonchev–Trinajstić information content (AvgIpc) is 3.25. The van der Waals surface area contributed by atoms with Crippen molar-refractivity contribution in [1.82, 2.24) is 14.7 Å². The van der Waals surface area contributed by atoms with Crippen LogP contribution in [-0.2, 0) is 11.3 Å². The maximum absolute atomic E-state index is 13.2. The van der Waals surface area contributed by atoms with Crippen molar-refractivity contribution in [3.63, 3.8) is 0 Å². The zero-order valence-electron chi connectivity index (χ0n) is 16.6. The van der Waals surface area contributed by atoms with Crippen molar-refractivity contribution >= 4 is 27.5 Å². The minimum absolute atomic E-state index is 0.0411. The molecule has 0 saturated heterocycles. The highest BCUT2D eigenvalue weighted by Crippen LogP contribution is 2.30. The van der Waals surface area contributed by atoms with E-state index in [0.29, 0.717) is 19.7 Å². The van der Waals surface area contributed by atoms with Crippen LogP contribution in [0.5, 0.6) is 0 Å². The van der Waals surface area contributed by atoms with Crippen molar-refractivity contribution in [3.05, 3.63) is 52.3 Å². The number of hydrogen-bond acceptors (Lipinski definition) is 4. The SMILES string of the molecule is CCCCN(CCOC)C(=O)c1cc2c(C)nn(Cc3ccc(F)cc3)c2s1. The summed E-state index contributed by atoms with van der Waals surface area (Å²) in [6.45, 7) is 6.45. The molecule has 7 heteroatoms. The van der Waals surface area contributed by atoms with Gasteiger partial charge in [-0.25, -0.2) is 4.39 Å². The lowest BCUT2D eigenvalue weighted by atomic mass is 10.2. The van der Waals surface area contributed by atoms with E-state index in [1.165, 1.54) is 23.5 Å². The predicted octanol–water partition coefficient (Wildman–Crippen LogP) is 4.48. The van der Waals surface area contributed by atoms with Crippen molar-refractivity contribution in [3.8, 4) is 0 Å². The Morgan fingerprint density at radius 2 is 2.04 bits per heavy atom. The van der Waals surface area contributed by atoms with E-state index in [1.807, 2.05) is 22.6 Å². The Kier molecular flexibility index (Phi) is 6.80. The van der Waals surface area contributed by atoms with Crippen LogP contribution in [0.1, 0.15) is 40.7 Å². The number of nitrogens with zero attached hydrogens (tertiary/aromatic N) is 3. The number of rotatable bonds is 9. The Hall–Kier alpha value is -2.25. The van der Waals surface area contributed by atoms with Crippen LogP contribution in [0.25, 0.3) is 10.2 Å². The molecular formula is C21H26FN3O2S. The topological polar surface area (TPSA) is 47.4 Å². The van der Waals surface area contributed by atoms with Crippen LogP contribution < -0.4 is 0 Å². The number of unbranched alkanes of at least 4 members (excludes halogenated alkanes) is 1. The quantitative estimate of drug-likeness (QED) is 0.529. The molecule has 1 amide bonds. The van der Waals surface area contributed by atoms with Gasteiger partial charge in [0.05, 0.1) is 23.7 Å². The second-order valence-corrected chi connectivity index (χ2v) is 7.87. The summed E-state index contributed by atoms with van der Waals surface area (Å²) in [5.74, 6) is -0.211. The standard InChI is InChI=1S/C21H26FN3O2S/c1-4-5-10-24(11-12-27-3)20(26)19-13-18-15(2)23-25(21(18)28-19)14-16-6-8-17(22)9-7-16/h6-9,13H,4-5,10-12,14H2,1-3H3. The van der Waals surface area contributed by atoms with E-state index in [0.717, 1.165) is 45.7 Å². The largest absolute Gasteiger partial charge is 0.383 e. The summed E-state index contributed by atoms with van der Waals surface area (Å²) in [7, 11) is 1.65. The molecule has 0 radical (unpaired) electrons. The molecule has 0 spiro atoms. The molecule has 0 saturated carbocycles. The summed E-state index contributed by atoms with van der Waals surface area (Å²) in [5, 5.41) is 5.60. The van der Waals surface area contributed by atoms with Gasteiger partial charge >= 0.3 is 0 Å². The van der Waals surface area contributed by atoms with Gasteiger partial charge in [0.1, 0.15) is 10.6 Å². The lowest BCUT2D eigenvalue weighted by Crippen LogP contribution is -2.34. The summed E-state index contributed by atoms with van der Waals surface area (Å²) in [6.07, 6.45) is 2.01. The molecule has 1 aromatic carbocycles. The first-order chi connectivity index (χ1) is 13.5. The second kappa shape index (κ2) is 9.30. The van der Waals surface area contributed by atoms with Gasteiger partial charge in [0.25, 0.3) is 5.91 Å². The number of fused-ring (bicyclic) bond motifs is 1. The molecule has 0 aliphatic carbocycles. The van der Waals surface area contributed by atoms with Gasteiger partial charge in [-0.3, -0.25) is 9.48 Å². The molecular weight excluding hydrogens is 377 g/mol. The number of hydrogen-bond donors (Lipinski definition) is 0. The number of amides is 1. The first-order valence-electron chi connectivity index (χ1n) is 9.53. The van der Waals surface area contributed by atoms with Crippen LogP contribution in [0, 0.1) is 12.7 Å². The molecule has 2 heterocycles. The molecule has 0 aliphatic rings. The highest BCUT2D eigenvalue weighted by Gasteiger charge is 2.21. The molecule has 0 N–H and O–H groups in total.